The van der Waals surface area contributed by atoms with Crippen LogP contribution in [0.4, 0.5) is 8.78 Å². The molecule has 0 amide bonds. The van der Waals surface area contributed by atoms with Gasteiger partial charge in [-0.25, -0.2) is 13.8 Å². The number of nitrogens with zero attached hydrogens (tertiary/aromatic N) is 1. The van der Waals surface area contributed by atoms with Crippen LogP contribution in [0.3, 0.4) is 0 Å². The van der Waals surface area contributed by atoms with E-state index in [1.165, 1.54) is 6.07 Å². The van der Waals surface area contributed by atoms with Gasteiger partial charge in [0.15, 0.2) is 11.6 Å². The molecule has 1 aliphatic heterocycles. The van der Waals surface area contributed by atoms with E-state index < -0.39 is 11.6 Å². The highest BCUT2D eigenvalue weighted by atomic mass is 19.1. The lowest BCUT2D eigenvalue weighted by molar-refractivity contribution is 0.256. The molecular weight excluding hydrogens is 230 g/mol. The van der Waals surface area contributed by atoms with Gasteiger partial charge in [0, 0.05) is 12.5 Å². The first-order valence-corrected chi connectivity index (χ1v) is 5.19. The van der Waals surface area contributed by atoms with Crippen molar-refractivity contribution in [2.24, 2.45) is 10.7 Å². The number of halogens is 2. The highest BCUT2D eigenvalue weighted by Crippen LogP contribution is 2.18. The summed E-state index contributed by atoms with van der Waals surface area (Å²) in [6.07, 6.45) is 0.567. The van der Waals surface area contributed by atoms with Gasteiger partial charge in [0.2, 0.25) is 0 Å². The molecule has 0 aromatic heterocycles. The van der Waals surface area contributed by atoms with Crippen molar-refractivity contribution in [3.8, 4) is 5.75 Å². The first-order chi connectivity index (χ1) is 8.15. The first-order valence-electron chi connectivity index (χ1n) is 5.19. The SMILES string of the molecule is NC1=NC(CCOc2ccc(F)cc2F)CO1. The van der Waals surface area contributed by atoms with Crippen molar-refractivity contribution in [2.75, 3.05) is 13.2 Å². The van der Waals surface area contributed by atoms with Gasteiger partial charge in [-0.15, -0.1) is 0 Å². The second-order valence-corrected chi connectivity index (χ2v) is 3.64. The first kappa shape index (κ1) is 11.6. The van der Waals surface area contributed by atoms with E-state index in [9.17, 15) is 8.78 Å². The number of hydrogen-bond donors (Lipinski definition) is 1. The van der Waals surface area contributed by atoms with Crippen molar-refractivity contribution in [1.82, 2.24) is 0 Å². The summed E-state index contributed by atoms with van der Waals surface area (Å²) >= 11 is 0. The quantitative estimate of drug-likeness (QED) is 0.869. The Morgan fingerprint density at radius 3 is 2.94 bits per heavy atom. The Balaban J connectivity index is 1.82. The Bertz CT molecular complexity index is 437. The maximum Gasteiger partial charge on any atom is 0.282 e. The molecule has 0 saturated carbocycles. The van der Waals surface area contributed by atoms with E-state index in [-0.39, 0.29) is 24.4 Å². The van der Waals surface area contributed by atoms with Crippen molar-refractivity contribution < 1.29 is 18.3 Å². The fourth-order valence-corrected chi connectivity index (χ4v) is 1.48. The van der Waals surface area contributed by atoms with Crippen LogP contribution < -0.4 is 10.5 Å². The molecule has 0 aliphatic carbocycles. The maximum absolute atomic E-state index is 13.2. The average molecular weight is 242 g/mol. The van der Waals surface area contributed by atoms with Crippen LogP contribution in [0.1, 0.15) is 6.42 Å². The van der Waals surface area contributed by atoms with Crippen LogP contribution in [0.25, 0.3) is 0 Å². The van der Waals surface area contributed by atoms with Crippen molar-refractivity contribution in [3.05, 3.63) is 29.8 Å². The van der Waals surface area contributed by atoms with E-state index in [1.807, 2.05) is 0 Å². The number of aliphatic imine (C=N–C) groups is 1. The number of rotatable bonds is 4. The molecule has 92 valence electrons. The largest absolute Gasteiger partial charge is 0.490 e. The zero-order chi connectivity index (χ0) is 12.3. The van der Waals surface area contributed by atoms with Crippen LogP contribution >= 0.6 is 0 Å². The van der Waals surface area contributed by atoms with Crippen molar-refractivity contribution in [2.45, 2.75) is 12.5 Å². The third-order valence-corrected chi connectivity index (χ3v) is 2.34. The van der Waals surface area contributed by atoms with Gasteiger partial charge in [0.05, 0.1) is 12.6 Å². The Morgan fingerprint density at radius 1 is 1.47 bits per heavy atom. The van der Waals surface area contributed by atoms with Crippen LogP contribution in [0.2, 0.25) is 0 Å². The molecule has 0 saturated heterocycles. The van der Waals surface area contributed by atoms with Crippen LogP contribution in [-0.4, -0.2) is 25.3 Å². The highest BCUT2D eigenvalue weighted by Gasteiger charge is 2.16. The fourth-order valence-electron chi connectivity index (χ4n) is 1.48. The topological polar surface area (TPSA) is 56.8 Å². The van der Waals surface area contributed by atoms with E-state index >= 15 is 0 Å². The van der Waals surface area contributed by atoms with Crippen molar-refractivity contribution in [1.29, 1.82) is 0 Å². The summed E-state index contributed by atoms with van der Waals surface area (Å²) in [6, 6.07) is 3.30. The van der Waals surface area contributed by atoms with E-state index in [2.05, 4.69) is 4.99 Å². The van der Waals surface area contributed by atoms with E-state index in [1.54, 1.807) is 0 Å². The zero-order valence-corrected chi connectivity index (χ0v) is 9.03. The van der Waals surface area contributed by atoms with Crippen LogP contribution in [0.15, 0.2) is 23.2 Å². The van der Waals surface area contributed by atoms with E-state index in [4.69, 9.17) is 15.2 Å². The summed E-state index contributed by atoms with van der Waals surface area (Å²) in [5.41, 5.74) is 5.33. The fraction of sp³-hybridized carbons (Fsp3) is 0.364. The smallest absolute Gasteiger partial charge is 0.282 e. The second kappa shape index (κ2) is 4.99. The number of ether oxygens (including phenoxy) is 2. The van der Waals surface area contributed by atoms with Gasteiger partial charge in [-0.05, 0) is 12.1 Å². The summed E-state index contributed by atoms with van der Waals surface area (Å²) in [5.74, 6) is -1.31. The number of hydrogen-bond acceptors (Lipinski definition) is 4. The van der Waals surface area contributed by atoms with Gasteiger partial charge in [-0.3, -0.25) is 0 Å². The predicted molar refractivity (Wildman–Crippen MR) is 57.8 cm³/mol. The minimum Gasteiger partial charge on any atom is -0.490 e. The average Bonchev–Trinajstić information content (AvgIpc) is 2.68. The molecule has 1 atom stereocenters. The maximum atomic E-state index is 13.2. The van der Waals surface area contributed by atoms with Gasteiger partial charge in [0.25, 0.3) is 6.02 Å². The molecule has 2 N–H and O–H groups in total. The van der Waals surface area contributed by atoms with Gasteiger partial charge in [-0.2, -0.15) is 0 Å². The molecule has 1 aromatic rings. The van der Waals surface area contributed by atoms with Gasteiger partial charge in [0.1, 0.15) is 12.4 Å². The van der Waals surface area contributed by atoms with Crippen LogP contribution in [0, 0.1) is 11.6 Å². The normalized spacial score (nSPS) is 18.7. The molecule has 2 rings (SSSR count). The molecule has 6 heteroatoms. The molecule has 1 aliphatic rings. The molecular formula is C11H12F2N2O2. The Hall–Kier alpha value is -1.85. The summed E-state index contributed by atoms with van der Waals surface area (Å²) in [7, 11) is 0. The minimum absolute atomic E-state index is 0.0299. The Labute approximate surface area is 97.0 Å². The van der Waals surface area contributed by atoms with Gasteiger partial charge >= 0.3 is 0 Å². The van der Waals surface area contributed by atoms with Crippen molar-refractivity contribution >= 4 is 6.02 Å². The molecule has 1 unspecified atom stereocenters. The van der Waals surface area contributed by atoms with E-state index in [0.29, 0.717) is 13.0 Å². The third kappa shape index (κ3) is 3.05. The molecule has 0 bridgehead atoms. The lowest BCUT2D eigenvalue weighted by Gasteiger charge is -2.08. The molecule has 1 heterocycles. The van der Waals surface area contributed by atoms with Gasteiger partial charge in [-0.1, -0.05) is 0 Å². The second-order valence-electron chi connectivity index (χ2n) is 3.64. The lowest BCUT2D eigenvalue weighted by atomic mass is 10.2. The summed E-state index contributed by atoms with van der Waals surface area (Å²) < 4.78 is 35.9. The summed E-state index contributed by atoms with van der Waals surface area (Å²) in [6.45, 7) is 0.689. The molecule has 17 heavy (non-hydrogen) atoms. The highest BCUT2D eigenvalue weighted by molar-refractivity contribution is 5.72. The van der Waals surface area contributed by atoms with Crippen LogP contribution in [-0.2, 0) is 4.74 Å². The van der Waals surface area contributed by atoms with Crippen molar-refractivity contribution in [3.63, 3.8) is 0 Å². The minimum atomic E-state index is -0.712. The molecule has 0 fully saturated rings. The summed E-state index contributed by atoms with van der Waals surface area (Å²) in [4.78, 5) is 3.99. The molecule has 0 radical (unpaired) electrons. The lowest BCUT2D eigenvalue weighted by Crippen LogP contribution is -2.12. The molecule has 1 aromatic carbocycles. The number of nitrogens with two attached hydrogens (primary N) is 1. The molecule has 4 nitrogen and oxygen atoms in total. The third-order valence-electron chi connectivity index (χ3n) is 2.34. The number of benzene rings is 1. The molecule has 0 spiro atoms. The Kier molecular flexibility index (Phi) is 3.41. The summed E-state index contributed by atoms with van der Waals surface area (Å²) in [5, 5.41) is 0. The zero-order valence-electron chi connectivity index (χ0n) is 9.03. The monoisotopic (exact) mass is 242 g/mol. The predicted octanol–water partition coefficient (Wildman–Crippen LogP) is 1.45. The Morgan fingerprint density at radius 2 is 2.29 bits per heavy atom. The standard InChI is InChI=1S/C11H12F2N2O2/c12-7-1-2-10(9(13)5-7)16-4-3-8-6-17-11(14)15-8/h1-2,5,8H,3-4,6H2,(H2,14,15). The van der Waals surface area contributed by atoms with E-state index in [0.717, 1.165) is 12.1 Å². The van der Waals surface area contributed by atoms with Crippen LogP contribution in [0.5, 0.6) is 5.75 Å². The van der Waals surface area contributed by atoms with Gasteiger partial charge < -0.3 is 15.2 Å². The number of amidine groups is 1.